The topological polar surface area (TPSA) is 50.1 Å². The summed E-state index contributed by atoms with van der Waals surface area (Å²) in [5.74, 6) is -0.306. The van der Waals surface area contributed by atoms with Crippen molar-refractivity contribution in [1.29, 1.82) is 0 Å². The maximum atomic E-state index is 11.2. The third kappa shape index (κ3) is 2.56. The SMILES string of the molecule is CCOC(=O)c1ccc(C[NH])cc1. The quantitative estimate of drug-likeness (QED) is 0.661. The van der Waals surface area contributed by atoms with Gasteiger partial charge in [-0.25, -0.2) is 4.79 Å². The van der Waals surface area contributed by atoms with Crippen LogP contribution >= 0.6 is 0 Å². The van der Waals surface area contributed by atoms with Crippen LogP contribution in [-0.4, -0.2) is 12.6 Å². The number of ether oxygens (including phenoxy) is 1. The van der Waals surface area contributed by atoms with Crippen molar-refractivity contribution >= 4 is 5.97 Å². The van der Waals surface area contributed by atoms with Gasteiger partial charge in [-0.1, -0.05) is 12.1 Å². The highest BCUT2D eigenvalue weighted by Gasteiger charge is 2.04. The van der Waals surface area contributed by atoms with Crippen LogP contribution in [0.2, 0.25) is 0 Å². The zero-order chi connectivity index (χ0) is 9.68. The van der Waals surface area contributed by atoms with E-state index in [1.54, 1.807) is 31.2 Å². The zero-order valence-electron chi connectivity index (χ0n) is 7.54. The highest BCUT2D eigenvalue weighted by Crippen LogP contribution is 2.05. The highest BCUT2D eigenvalue weighted by molar-refractivity contribution is 5.89. The number of rotatable bonds is 3. The van der Waals surface area contributed by atoms with Gasteiger partial charge in [0.2, 0.25) is 0 Å². The van der Waals surface area contributed by atoms with Crippen molar-refractivity contribution in [2.24, 2.45) is 0 Å². The van der Waals surface area contributed by atoms with Gasteiger partial charge in [-0.2, -0.15) is 0 Å². The average molecular weight is 178 g/mol. The van der Waals surface area contributed by atoms with Gasteiger partial charge in [0.1, 0.15) is 0 Å². The smallest absolute Gasteiger partial charge is 0.338 e. The highest BCUT2D eigenvalue weighted by atomic mass is 16.5. The molecule has 0 aliphatic carbocycles. The van der Waals surface area contributed by atoms with Crippen LogP contribution in [0.5, 0.6) is 0 Å². The van der Waals surface area contributed by atoms with Crippen LogP contribution in [0.3, 0.4) is 0 Å². The number of esters is 1. The first-order chi connectivity index (χ1) is 6.27. The van der Waals surface area contributed by atoms with Gasteiger partial charge in [0.15, 0.2) is 0 Å². The van der Waals surface area contributed by atoms with Crippen LogP contribution < -0.4 is 5.73 Å². The minimum absolute atomic E-state index is 0.239. The Labute approximate surface area is 77.5 Å². The van der Waals surface area contributed by atoms with Gasteiger partial charge in [0.05, 0.1) is 12.2 Å². The minimum Gasteiger partial charge on any atom is -0.462 e. The van der Waals surface area contributed by atoms with Crippen LogP contribution in [0.15, 0.2) is 24.3 Å². The van der Waals surface area contributed by atoms with Crippen LogP contribution in [-0.2, 0) is 11.3 Å². The van der Waals surface area contributed by atoms with E-state index in [0.29, 0.717) is 12.2 Å². The first kappa shape index (κ1) is 9.74. The predicted molar refractivity (Wildman–Crippen MR) is 49.2 cm³/mol. The summed E-state index contributed by atoms with van der Waals surface area (Å²) in [4.78, 5) is 11.2. The molecule has 0 aliphatic heterocycles. The fourth-order valence-corrected chi connectivity index (χ4v) is 0.973. The third-order valence-electron chi connectivity index (χ3n) is 1.67. The molecule has 1 aromatic rings. The Hall–Kier alpha value is -1.35. The molecular weight excluding hydrogens is 166 g/mol. The summed E-state index contributed by atoms with van der Waals surface area (Å²) in [6.45, 7) is 2.40. The van der Waals surface area contributed by atoms with Crippen molar-refractivity contribution in [3.8, 4) is 0 Å². The summed E-state index contributed by atoms with van der Waals surface area (Å²) in [6, 6.07) is 6.89. The second kappa shape index (κ2) is 4.62. The van der Waals surface area contributed by atoms with Crippen LogP contribution in [0.1, 0.15) is 22.8 Å². The molecule has 13 heavy (non-hydrogen) atoms. The lowest BCUT2D eigenvalue weighted by atomic mass is 10.1. The number of hydrogen-bond donors (Lipinski definition) is 0. The summed E-state index contributed by atoms with van der Waals surface area (Å²) in [7, 11) is 0. The fraction of sp³-hybridized carbons (Fsp3) is 0.300. The minimum atomic E-state index is -0.306. The summed E-state index contributed by atoms with van der Waals surface area (Å²) in [5.41, 5.74) is 8.52. The molecule has 0 spiro atoms. The molecule has 0 saturated carbocycles. The standard InChI is InChI=1S/C10H12NO2/c1-2-13-10(12)9-5-3-8(7-11)4-6-9/h3-6,11H,2,7H2,1H3. The molecule has 0 fully saturated rings. The molecule has 0 aliphatic rings. The van der Waals surface area contributed by atoms with E-state index in [0.717, 1.165) is 5.56 Å². The number of carbonyl (C=O) groups is 1. The Morgan fingerprint density at radius 3 is 2.46 bits per heavy atom. The van der Waals surface area contributed by atoms with E-state index >= 15 is 0 Å². The summed E-state index contributed by atoms with van der Waals surface area (Å²) in [5, 5.41) is 0. The van der Waals surface area contributed by atoms with E-state index in [4.69, 9.17) is 10.5 Å². The Balaban J connectivity index is 2.74. The second-order valence-electron chi connectivity index (χ2n) is 2.59. The molecule has 0 heterocycles. The number of hydrogen-bond acceptors (Lipinski definition) is 2. The van der Waals surface area contributed by atoms with Crippen molar-refractivity contribution < 1.29 is 9.53 Å². The molecule has 0 aromatic heterocycles. The molecule has 0 bridgehead atoms. The monoisotopic (exact) mass is 178 g/mol. The van der Waals surface area contributed by atoms with Gasteiger partial charge in [0.25, 0.3) is 0 Å². The van der Waals surface area contributed by atoms with Gasteiger partial charge in [0, 0.05) is 6.54 Å². The van der Waals surface area contributed by atoms with Gasteiger partial charge in [-0.3, -0.25) is 5.73 Å². The van der Waals surface area contributed by atoms with Crippen molar-refractivity contribution in [2.75, 3.05) is 6.61 Å². The number of nitrogens with one attached hydrogen (secondary N) is 1. The lowest BCUT2D eigenvalue weighted by Gasteiger charge is -2.01. The molecule has 69 valence electrons. The Bertz CT molecular complexity index is 279. The van der Waals surface area contributed by atoms with E-state index in [2.05, 4.69) is 0 Å². The summed E-state index contributed by atoms with van der Waals surface area (Å²) >= 11 is 0. The third-order valence-corrected chi connectivity index (χ3v) is 1.67. The molecule has 1 N–H and O–H groups in total. The summed E-state index contributed by atoms with van der Waals surface area (Å²) in [6.07, 6.45) is 0. The lowest BCUT2D eigenvalue weighted by Crippen LogP contribution is -2.04. The van der Waals surface area contributed by atoms with Crippen molar-refractivity contribution in [2.45, 2.75) is 13.5 Å². The van der Waals surface area contributed by atoms with Crippen molar-refractivity contribution in [1.82, 2.24) is 5.73 Å². The van der Waals surface area contributed by atoms with Crippen molar-refractivity contribution in [3.05, 3.63) is 35.4 Å². The fourth-order valence-electron chi connectivity index (χ4n) is 0.973. The van der Waals surface area contributed by atoms with Gasteiger partial charge < -0.3 is 4.74 Å². The zero-order valence-corrected chi connectivity index (χ0v) is 7.54. The molecule has 3 heteroatoms. The predicted octanol–water partition coefficient (Wildman–Crippen LogP) is 1.65. The number of benzene rings is 1. The van der Waals surface area contributed by atoms with Crippen LogP contribution in [0.4, 0.5) is 0 Å². The molecule has 3 nitrogen and oxygen atoms in total. The van der Waals surface area contributed by atoms with E-state index in [-0.39, 0.29) is 12.5 Å². The first-order valence-corrected chi connectivity index (χ1v) is 4.18. The Kier molecular flexibility index (Phi) is 3.46. The van der Waals surface area contributed by atoms with E-state index in [9.17, 15) is 4.79 Å². The largest absolute Gasteiger partial charge is 0.462 e. The maximum Gasteiger partial charge on any atom is 0.338 e. The maximum absolute atomic E-state index is 11.2. The van der Waals surface area contributed by atoms with Gasteiger partial charge in [-0.15, -0.1) is 0 Å². The molecule has 0 amide bonds. The lowest BCUT2D eigenvalue weighted by molar-refractivity contribution is 0.0526. The molecule has 1 rings (SSSR count). The van der Waals surface area contributed by atoms with E-state index in [1.165, 1.54) is 0 Å². The molecule has 0 atom stereocenters. The van der Waals surface area contributed by atoms with E-state index in [1.807, 2.05) is 0 Å². The first-order valence-electron chi connectivity index (χ1n) is 4.18. The Morgan fingerprint density at radius 2 is 2.00 bits per heavy atom. The van der Waals surface area contributed by atoms with Crippen LogP contribution in [0.25, 0.3) is 0 Å². The second-order valence-corrected chi connectivity index (χ2v) is 2.59. The van der Waals surface area contributed by atoms with Gasteiger partial charge in [-0.05, 0) is 24.6 Å². The Morgan fingerprint density at radius 1 is 1.38 bits per heavy atom. The average Bonchev–Trinajstić information content (AvgIpc) is 2.18. The van der Waals surface area contributed by atoms with E-state index < -0.39 is 0 Å². The molecule has 1 radical (unpaired) electrons. The van der Waals surface area contributed by atoms with Gasteiger partial charge >= 0.3 is 5.97 Å². The molecule has 1 aromatic carbocycles. The molecule has 0 unspecified atom stereocenters. The van der Waals surface area contributed by atoms with Crippen molar-refractivity contribution in [3.63, 3.8) is 0 Å². The summed E-state index contributed by atoms with van der Waals surface area (Å²) < 4.78 is 4.82. The van der Waals surface area contributed by atoms with Crippen LogP contribution in [0, 0.1) is 0 Å². The molecular formula is C10H12NO2. The molecule has 0 saturated heterocycles. The normalized spacial score (nSPS) is 9.69. The number of carbonyl (C=O) groups excluding carboxylic acids is 1.